The summed E-state index contributed by atoms with van der Waals surface area (Å²) in [5.41, 5.74) is 0.751. The van der Waals surface area contributed by atoms with E-state index in [0.29, 0.717) is 43.4 Å². The van der Waals surface area contributed by atoms with Gasteiger partial charge in [0.15, 0.2) is 5.82 Å². The number of piperidine rings is 1. The number of sulfonamides is 1. The summed E-state index contributed by atoms with van der Waals surface area (Å²) in [7, 11) is -2.16. The SMILES string of the molecule is COc1cccc(-c2nc(C3CCN(S(=O)(=O)c4ccc(F)c(Cl)c4)CC3)no2)c1. The lowest BCUT2D eigenvalue weighted by Crippen LogP contribution is -2.38. The molecular weight excluding hydrogens is 433 g/mol. The Morgan fingerprint density at radius 3 is 2.67 bits per heavy atom. The van der Waals surface area contributed by atoms with E-state index >= 15 is 0 Å². The highest BCUT2D eigenvalue weighted by Crippen LogP contribution is 2.32. The van der Waals surface area contributed by atoms with Crippen molar-refractivity contribution in [2.24, 2.45) is 0 Å². The molecule has 10 heteroatoms. The van der Waals surface area contributed by atoms with Crippen molar-refractivity contribution < 1.29 is 22.1 Å². The van der Waals surface area contributed by atoms with Crippen molar-refractivity contribution in [3.8, 4) is 17.2 Å². The average molecular weight is 452 g/mol. The summed E-state index contributed by atoms with van der Waals surface area (Å²) in [5, 5.41) is 3.86. The Labute approximate surface area is 178 Å². The molecule has 0 amide bonds. The van der Waals surface area contributed by atoms with E-state index in [4.69, 9.17) is 20.9 Å². The Hall–Kier alpha value is -2.49. The molecule has 2 heterocycles. The molecule has 4 rings (SSSR count). The fraction of sp³-hybridized carbons (Fsp3) is 0.300. The minimum absolute atomic E-state index is 0.0173. The fourth-order valence-corrected chi connectivity index (χ4v) is 5.16. The molecule has 0 saturated carbocycles. The summed E-state index contributed by atoms with van der Waals surface area (Å²) in [6, 6.07) is 10.7. The summed E-state index contributed by atoms with van der Waals surface area (Å²) in [5.74, 6) is 0.955. The molecule has 7 nitrogen and oxygen atoms in total. The summed E-state index contributed by atoms with van der Waals surface area (Å²) in [6.07, 6.45) is 1.09. The predicted molar refractivity (Wildman–Crippen MR) is 108 cm³/mol. The topological polar surface area (TPSA) is 85.5 Å². The van der Waals surface area contributed by atoms with E-state index in [1.165, 1.54) is 10.4 Å². The molecule has 1 aromatic heterocycles. The van der Waals surface area contributed by atoms with Gasteiger partial charge >= 0.3 is 0 Å². The molecule has 3 aromatic rings. The molecule has 1 aliphatic heterocycles. The van der Waals surface area contributed by atoms with Gasteiger partial charge in [-0.25, -0.2) is 12.8 Å². The molecule has 0 aliphatic carbocycles. The number of ether oxygens (including phenoxy) is 1. The van der Waals surface area contributed by atoms with Gasteiger partial charge in [0.1, 0.15) is 11.6 Å². The van der Waals surface area contributed by atoms with E-state index in [-0.39, 0.29) is 15.8 Å². The Morgan fingerprint density at radius 2 is 1.97 bits per heavy atom. The van der Waals surface area contributed by atoms with Crippen LogP contribution in [0, 0.1) is 5.82 Å². The maximum atomic E-state index is 13.4. The van der Waals surface area contributed by atoms with Gasteiger partial charge < -0.3 is 9.26 Å². The van der Waals surface area contributed by atoms with Crippen molar-refractivity contribution in [2.75, 3.05) is 20.2 Å². The first-order chi connectivity index (χ1) is 14.4. The molecule has 0 N–H and O–H groups in total. The summed E-state index contributed by atoms with van der Waals surface area (Å²) in [6.45, 7) is 0.593. The van der Waals surface area contributed by atoms with Gasteiger partial charge in [-0.15, -0.1) is 0 Å². The molecular formula is C20H19ClFN3O4S. The zero-order chi connectivity index (χ0) is 21.3. The van der Waals surface area contributed by atoms with Gasteiger partial charge in [-0.3, -0.25) is 0 Å². The third-order valence-corrected chi connectivity index (χ3v) is 7.29. The van der Waals surface area contributed by atoms with Gasteiger partial charge in [-0.1, -0.05) is 22.8 Å². The lowest BCUT2D eigenvalue weighted by molar-refractivity contribution is 0.307. The molecule has 0 unspecified atom stereocenters. The first kappa shape index (κ1) is 20.8. The van der Waals surface area contributed by atoms with Crippen LogP contribution in [0.1, 0.15) is 24.6 Å². The van der Waals surface area contributed by atoms with E-state index < -0.39 is 15.8 Å². The smallest absolute Gasteiger partial charge is 0.258 e. The molecule has 0 radical (unpaired) electrons. The minimum atomic E-state index is -3.75. The molecule has 0 spiro atoms. The molecule has 1 fully saturated rings. The number of aromatic nitrogens is 2. The van der Waals surface area contributed by atoms with Crippen molar-refractivity contribution in [3.05, 3.63) is 59.1 Å². The van der Waals surface area contributed by atoms with Gasteiger partial charge in [0.25, 0.3) is 5.89 Å². The highest BCUT2D eigenvalue weighted by Gasteiger charge is 2.32. The minimum Gasteiger partial charge on any atom is -0.497 e. The lowest BCUT2D eigenvalue weighted by Gasteiger charge is -2.29. The van der Waals surface area contributed by atoms with Gasteiger partial charge in [-0.2, -0.15) is 9.29 Å². The van der Waals surface area contributed by atoms with Crippen LogP contribution in [-0.4, -0.2) is 43.1 Å². The standard InChI is InChI=1S/C20H19ClFN3O4S/c1-28-15-4-2-3-14(11-15)20-23-19(24-29-20)13-7-9-25(10-8-13)30(26,27)16-5-6-18(22)17(21)12-16/h2-6,11-13H,7-10H2,1H3. The first-order valence-corrected chi connectivity index (χ1v) is 11.1. The van der Waals surface area contributed by atoms with E-state index in [1.807, 2.05) is 18.2 Å². The lowest BCUT2D eigenvalue weighted by atomic mass is 9.97. The van der Waals surface area contributed by atoms with Crippen LogP contribution in [0.4, 0.5) is 4.39 Å². The van der Waals surface area contributed by atoms with E-state index in [0.717, 1.165) is 17.7 Å². The Balaban J connectivity index is 1.46. The number of hydrogen-bond acceptors (Lipinski definition) is 6. The van der Waals surface area contributed by atoms with Gasteiger partial charge in [-0.05, 0) is 49.2 Å². The maximum Gasteiger partial charge on any atom is 0.258 e. The zero-order valence-corrected chi connectivity index (χ0v) is 17.7. The summed E-state index contributed by atoms with van der Waals surface area (Å²) < 4.78 is 51.0. The van der Waals surface area contributed by atoms with Crippen molar-refractivity contribution in [1.29, 1.82) is 0 Å². The van der Waals surface area contributed by atoms with Crippen LogP contribution in [-0.2, 0) is 10.0 Å². The first-order valence-electron chi connectivity index (χ1n) is 9.31. The van der Waals surface area contributed by atoms with Crippen LogP contribution in [0.2, 0.25) is 5.02 Å². The monoisotopic (exact) mass is 451 g/mol. The normalized spacial score (nSPS) is 16.0. The van der Waals surface area contributed by atoms with Crippen molar-refractivity contribution in [1.82, 2.24) is 14.4 Å². The fourth-order valence-electron chi connectivity index (χ4n) is 3.41. The van der Waals surface area contributed by atoms with Crippen molar-refractivity contribution >= 4 is 21.6 Å². The second kappa shape index (κ2) is 8.33. The summed E-state index contributed by atoms with van der Waals surface area (Å²) >= 11 is 5.74. The number of halogens is 2. The maximum absolute atomic E-state index is 13.4. The molecule has 0 bridgehead atoms. The highest BCUT2D eigenvalue weighted by molar-refractivity contribution is 7.89. The largest absolute Gasteiger partial charge is 0.497 e. The van der Waals surface area contributed by atoms with Crippen LogP contribution >= 0.6 is 11.6 Å². The van der Waals surface area contributed by atoms with Crippen LogP contribution in [0.3, 0.4) is 0 Å². The van der Waals surface area contributed by atoms with Gasteiger partial charge in [0.2, 0.25) is 10.0 Å². The van der Waals surface area contributed by atoms with Crippen LogP contribution in [0.25, 0.3) is 11.5 Å². The second-order valence-electron chi connectivity index (χ2n) is 6.94. The Bertz CT molecular complexity index is 1160. The average Bonchev–Trinajstić information content (AvgIpc) is 3.26. The Morgan fingerprint density at radius 1 is 1.20 bits per heavy atom. The summed E-state index contributed by atoms with van der Waals surface area (Å²) in [4.78, 5) is 4.46. The molecule has 2 aromatic carbocycles. The van der Waals surface area contributed by atoms with Gasteiger partial charge in [0, 0.05) is 24.6 Å². The molecule has 158 valence electrons. The van der Waals surface area contributed by atoms with Crippen molar-refractivity contribution in [3.63, 3.8) is 0 Å². The number of benzene rings is 2. The molecule has 0 atom stereocenters. The van der Waals surface area contributed by atoms with E-state index in [9.17, 15) is 12.8 Å². The van der Waals surface area contributed by atoms with Crippen LogP contribution < -0.4 is 4.74 Å². The van der Waals surface area contributed by atoms with E-state index in [1.54, 1.807) is 13.2 Å². The van der Waals surface area contributed by atoms with Gasteiger partial charge in [0.05, 0.1) is 17.0 Å². The highest BCUT2D eigenvalue weighted by atomic mass is 35.5. The predicted octanol–water partition coefficient (Wildman–Crippen LogP) is 4.11. The molecule has 30 heavy (non-hydrogen) atoms. The number of rotatable bonds is 5. The van der Waals surface area contributed by atoms with Crippen molar-refractivity contribution in [2.45, 2.75) is 23.7 Å². The zero-order valence-electron chi connectivity index (χ0n) is 16.1. The quantitative estimate of drug-likeness (QED) is 0.580. The third-order valence-electron chi connectivity index (χ3n) is 5.11. The number of methoxy groups -OCH3 is 1. The second-order valence-corrected chi connectivity index (χ2v) is 9.29. The van der Waals surface area contributed by atoms with E-state index in [2.05, 4.69) is 10.1 Å². The number of nitrogens with zero attached hydrogens (tertiary/aromatic N) is 3. The van der Waals surface area contributed by atoms with Crippen LogP contribution in [0.15, 0.2) is 51.9 Å². The number of hydrogen-bond donors (Lipinski definition) is 0. The Kier molecular flexibility index (Phi) is 5.77. The third kappa shape index (κ3) is 4.05. The molecule has 1 aliphatic rings. The van der Waals surface area contributed by atoms with Crippen LogP contribution in [0.5, 0.6) is 5.75 Å². The molecule has 1 saturated heterocycles.